The molecule has 6 nitrogen and oxygen atoms in total. The molecule has 0 aliphatic heterocycles. The number of carbonyl (C=O) groups is 3. The molecule has 2 rings (SSSR count). The van der Waals surface area contributed by atoms with Gasteiger partial charge in [0.2, 0.25) is 0 Å². The van der Waals surface area contributed by atoms with E-state index in [1.807, 2.05) is 18.2 Å². The molecule has 0 heterocycles. The third-order valence-electron chi connectivity index (χ3n) is 4.28. The molecule has 0 spiro atoms. The van der Waals surface area contributed by atoms with Crippen molar-refractivity contribution in [3.8, 4) is 0 Å². The number of likely N-dealkylation sites (N-methyl/N-ethyl adjacent to an activating group) is 1. The molecule has 2 aromatic carbocycles. The van der Waals surface area contributed by atoms with Crippen LogP contribution in [-0.4, -0.2) is 37.2 Å². The topological polar surface area (TPSA) is 79.7 Å². The van der Waals surface area contributed by atoms with Crippen LogP contribution in [-0.2, 0) is 9.59 Å². The first-order valence-electron chi connectivity index (χ1n) is 8.56. The molecule has 0 aromatic heterocycles. The van der Waals surface area contributed by atoms with E-state index in [4.69, 9.17) is 0 Å². The van der Waals surface area contributed by atoms with E-state index in [1.165, 1.54) is 6.92 Å². The Kier molecular flexibility index (Phi) is 7.27. The number of quaternary nitrogens is 1. The van der Waals surface area contributed by atoms with E-state index in [-0.39, 0.29) is 24.1 Å². The monoisotopic (exact) mass is 432 g/mol. The van der Waals surface area contributed by atoms with Crippen LogP contribution in [0.4, 0.5) is 11.4 Å². The SMILES string of the molecule is CC(=O)c1ccc(NC(=O)[C@H](C)[NH+](C)CC(=O)Nc2ccccc2Br)cc1. The van der Waals surface area contributed by atoms with E-state index in [0.717, 1.165) is 9.37 Å². The molecule has 7 heteroatoms. The van der Waals surface area contributed by atoms with Crippen molar-refractivity contribution in [1.29, 1.82) is 0 Å². The molecule has 0 radical (unpaired) electrons. The standard InChI is InChI=1S/C20H22BrN3O3/c1-13(20(27)22-16-10-8-15(9-11-16)14(2)25)24(3)12-19(26)23-18-7-5-4-6-17(18)21/h4-11,13H,12H2,1-3H3,(H,22,27)(H,23,26)/p+1/t13-/m0/s1. The Labute approximate surface area is 167 Å². The third kappa shape index (κ3) is 6.01. The number of ketones is 1. The van der Waals surface area contributed by atoms with E-state index in [2.05, 4.69) is 26.6 Å². The molecule has 0 aliphatic carbocycles. The smallest absolute Gasteiger partial charge is 0.282 e. The van der Waals surface area contributed by atoms with Crippen LogP contribution in [0.5, 0.6) is 0 Å². The molecule has 2 amide bonds. The number of halogens is 1. The molecule has 0 bridgehead atoms. The van der Waals surface area contributed by atoms with Gasteiger partial charge in [-0.25, -0.2) is 0 Å². The lowest BCUT2D eigenvalue weighted by Gasteiger charge is -2.20. The lowest BCUT2D eigenvalue weighted by molar-refractivity contribution is -0.885. The van der Waals surface area contributed by atoms with Crippen LogP contribution in [0.2, 0.25) is 0 Å². The summed E-state index contributed by atoms with van der Waals surface area (Å²) in [6.07, 6.45) is 0. The predicted molar refractivity (Wildman–Crippen MR) is 109 cm³/mol. The van der Waals surface area contributed by atoms with Gasteiger partial charge in [0.05, 0.1) is 12.7 Å². The summed E-state index contributed by atoms with van der Waals surface area (Å²) >= 11 is 3.39. The third-order valence-corrected chi connectivity index (χ3v) is 4.97. The Hall–Kier alpha value is -2.51. The van der Waals surface area contributed by atoms with Crippen molar-refractivity contribution in [3.05, 3.63) is 58.6 Å². The van der Waals surface area contributed by atoms with Gasteiger partial charge in [0.25, 0.3) is 11.8 Å². The van der Waals surface area contributed by atoms with E-state index < -0.39 is 6.04 Å². The van der Waals surface area contributed by atoms with E-state index >= 15 is 0 Å². The molecule has 0 saturated heterocycles. The summed E-state index contributed by atoms with van der Waals surface area (Å²) in [7, 11) is 1.79. The minimum absolute atomic E-state index is 0.0264. The van der Waals surface area contributed by atoms with Gasteiger partial charge in [-0.2, -0.15) is 0 Å². The molecule has 2 atom stereocenters. The van der Waals surface area contributed by atoms with Crippen LogP contribution < -0.4 is 15.5 Å². The second-order valence-corrected chi connectivity index (χ2v) is 7.25. The Morgan fingerprint density at radius 1 is 1.04 bits per heavy atom. The van der Waals surface area contributed by atoms with Crippen LogP contribution in [0.15, 0.2) is 53.0 Å². The first-order valence-corrected chi connectivity index (χ1v) is 9.35. The second-order valence-electron chi connectivity index (χ2n) is 6.40. The van der Waals surface area contributed by atoms with Gasteiger partial charge in [-0.3, -0.25) is 14.4 Å². The van der Waals surface area contributed by atoms with Crippen molar-refractivity contribution in [2.75, 3.05) is 24.2 Å². The fourth-order valence-electron chi connectivity index (χ4n) is 2.43. The molecule has 0 fully saturated rings. The maximum atomic E-state index is 12.4. The highest BCUT2D eigenvalue weighted by Gasteiger charge is 2.24. The van der Waals surface area contributed by atoms with Crippen LogP contribution in [0.25, 0.3) is 0 Å². The van der Waals surface area contributed by atoms with Gasteiger partial charge in [0.15, 0.2) is 18.4 Å². The average Bonchev–Trinajstić information content (AvgIpc) is 2.63. The number of amides is 2. The highest BCUT2D eigenvalue weighted by atomic mass is 79.9. The van der Waals surface area contributed by atoms with Gasteiger partial charge in [-0.1, -0.05) is 12.1 Å². The number of hydrogen-bond donors (Lipinski definition) is 3. The molecule has 1 unspecified atom stereocenters. The Bertz CT molecular complexity index is 837. The zero-order valence-corrected chi connectivity index (χ0v) is 17.1. The maximum absolute atomic E-state index is 12.4. The molecule has 0 aliphatic rings. The van der Waals surface area contributed by atoms with Gasteiger partial charge in [-0.05, 0) is 66.2 Å². The molecule has 142 valence electrons. The number of para-hydroxylation sites is 1. The van der Waals surface area contributed by atoms with Gasteiger partial charge < -0.3 is 15.5 Å². The Morgan fingerprint density at radius 2 is 1.67 bits per heavy atom. The largest absolute Gasteiger partial charge is 0.321 e. The van der Waals surface area contributed by atoms with Crippen molar-refractivity contribution in [1.82, 2.24) is 0 Å². The Balaban J connectivity index is 1.90. The minimum atomic E-state index is -0.428. The first kappa shape index (κ1) is 20.8. The van der Waals surface area contributed by atoms with Crippen LogP contribution in [0.1, 0.15) is 24.2 Å². The fraction of sp³-hybridized carbons (Fsp3) is 0.250. The molecule has 3 N–H and O–H groups in total. The summed E-state index contributed by atoms with van der Waals surface area (Å²) in [5.41, 5.74) is 1.90. The van der Waals surface area contributed by atoms with E-state index in [9.17, 15) is 14.4 Å². The number of Topliss-reactive ketones (excluding diaryl/α,β-unsaturated/α-hetero) is 1. The van der Waals surface area contributed by atoms with Crippen molar-refractivity contribution in [2.45, 2.75) is 19.9 Å². The fourth-order valence-corrected chi connectivity index (χ4v) is 2.81. The molecular formula is C20H23BrN3O3+. The molecule has 2 aromatic rings. The van der Waals surface area contributed by atoms with Gasteiger partial charge in [0, 0.05) is 15.7 Å². The van der Waals surface area contributed by atoms with Crippen molar-refractivity contribution >= 4 is 44.9 Å². The van der Waals surface area contributed by atoms with E-state index in [0.29, 0.717) is 16.9 Å². The summed E-state index contributed by atoms with van der Waals surface area (Å²) in [6, 6.07) is 13.7. The number of hydrogen-bond acceptors (Lipinski definition) is 3. The summed E-state index contributed by atoms with van der Waals surface area (Å²) in [5.74, 6) is -0.400. The predicted octanol–water partition coefficient (Wildman–Crippen LogP) is 2.13. The number of anilines is 2. The Morgan fingerprint density at radius 3 is 2.26 bits per heavy atom. The molecular weight excluding hydrogens is 410 g/mol. The van der Waals surface area contributed by atoms with Gasteiger partial charge >= 0.3 is 0 Å². The summed E-state index contributed by atoms with van der Waals surface area (Å²) in [5, 5.41) is 5.64. The highest BCUT2D eigenvalue weighted by molar-refractivity contribution is 9.10. The minimum Gasteiger partial charge on any atom is -0.321 e. The average molecular weight is 433 g/mol. The lowest BCUT2D eigenvalue weighted by atomic mass is 10.1. The number of nitrogens with one attached hydrogen (secondary N) is 3. The van der Waals surface area contributed by atoms with Crippen molar-refractivity contribution in [2.24, 2.45) is 0 Å². The molecule has 27 heavy (non-hydrogen) atoms. The van der Waals surface area contributed by atoms with Crippen LogP contribution >= 0.6 is 15.9 Å². The normalized spacial score (nSPS) is 12.7. The van der Waals surface area contributed by atoms with Crippen LogP contribution in [0.3, 0.4) is 0 Å². The lowest BCUT2D eigenvalue weighted by Crippen LogP contribution is -3.14. The van der Waals surface area contributed by atoms with Gasteiger partial charge in [0.1, 0.15) is 0 Å². The number of rotatable bonds is 7. The quantitative estimate of drug-likeness (QED) is 0.586. The van der Waals surface area contributed by atoms with Gasteiger partial charge in [-0.15, -0.1) is 0 Å². The van der Waals surface area contributed by atoms with Crippen molar-refractivity contribution < 1.29 is 19.3 Å². The van der Waals surface area contributed by atoms with E-state index in [1.54, 1.807) is 44.3 Å². The maximum Gasteiger partial charge on any atom is 0.282 e. The second kappa shape index (κ2) is 9.43. The van der Waals surface area contributed by atoms with Crippen molar-refractivity contribution in [3.63, 3.8) is 0 Å². The zero-order chi connectivity index (χ0) is 20.0. The number of carbonyl (C=O) groups excluding carboxylic acids is 3. The number of benzene rings is 2. The first-order chi connectivity index (χ1) is 12.8. The highest BCUT2D eigenvalue weighted by Crippen LogP contribution is 2.20. The molecule has 0 saturated carbocycles. The summed E-state index contributed by atoms with van der Waals surface area (Å²) in [6.45, 7) is 3.41. The van der Waals surface area contributed by atoms with Crippen LogP contribution in [0, 0.1) is 0 Å². The summed E-state index contributed by atoms with van der Waals surface area (Å²) < 4.78 is 0.802. The summed E-state index contributed by atoms with van der Waals surface area (Å²) in [4.78, 5) is 36.7. The zero-order valence-electron chi connectivity index (χ0n) is 15.5.